The molecule has 0 atom stereocenters. The number of anilines is 1. The molecule has 1 aromatic rings. The summed E-state index contributed by atoms with van der Waals surface area (Å²) in [5.41, 5.74) is 0.153. The van der Waals surface area contributed by atoms with Crippen LogP contribution in [0.1, 0.15) is 27.2 Å². The minimum absolute atomic E-state index is 0.0165. The highest BCUT2D eigenvalue weighted by Crippen LogP contribution is 2.26. The minimum atomic E-state index is -0.461. The van der Waals surface area contributed by atoms with Crippen LogP contribution in [0, 0.1) is 15.5 Å². The van der Waals surface area contributed by atoms with Gasteiger partial charge < -0.3 is 5.32 Å². The molecule has 0 amide bonds. The number of nitro groups is 1. The zero-order valence-electron chi connectivity index (χ0n) is 10.2. The first-order valence-corrected chi connectivity index (χ1v) is 6.19. The van der Waals surface area contributed by atoms with Crippen molar-refractivity contribution in [1.29, 1.82) is 0 Å². The largest absolute Gasteiger partial charge is 0.369 e. The van der Waals surface area contributed by atoms with Crippen LogP contribution in [0.15, 0.2) is 16.7 Å². The van der Waals surface area contributed by atoms with Gasteiger partial charge >= 0.3 is 0 Å². The lowest BCUT2D eigenvalue weighted by molar-refractivity contribution is -0.385. The lowest BCUT2D eigenvalue weighted by Crippen LogP contribution is -2.22. The Bertz CT molecular complexity index is 421. The van der Waals surface area contributed by atoms with Crippen molar-refractivity contribution >= 4 is 27.4 Å². The van der Waals surface area contributed by atoms with Gasteiger partial charge in [0.05, 0.1) is 9.40 Å². The van der Waals surface area contributed by atoms with Gasteiger partial charge in [-0.05, 0) is 27.8 Å². The Morgan fingerprint density at radius 2 is 2.24 bits per heavy atom. The van der Waals surface area contributed by atoms with E-state index in [9.17, 15) is 10.1 Å². The number of halogens is 1. The molecule has 1 aromatic heterocycles. The molecule has 94 valence electrons. The van der Waals surface area contributed by atoms with Crippen LogP contribution in [-0.2, 0) is 0 Å². The Hall–Kier alpha value is -1.17. The molecule has 6 heteroatoms. The Kier molecular flexibility index (Phi) is 4.45. The van der Waals surface area contributed by atoms with Gasteiger partial charge in [-0.25, -0.2) is 4.98 Å². The fraction of sp³-hybridized carbons (Fsp3) is 0.545. The summed E-state index contributed by atoms with van der Waals surface area (Å²) in [6.45, 7) is 7.20. The van der Waals surface area contributed by atoms with Crippen molar-refractivity contribution in [1.82, 2.24) is 4.98 Å². The molecule has 0 unspecified atom stereocenters. The van der Waals surface area contributed by atoms with Crippen molar-refractivity contribution in [2.45, 2.75) is 27.2 Å². The molecule has 0 fully saturated rings. The van der Waals surface area contributed by atoms with Crippen molar-refractivity contribution in [2.24, 2.45) is 5.41 Å². The van der Waals surface area contributed by atoms with Gasteiger partial charge in [-0.1, -0.05) is 20.8 Å². The first-order chi connectivity index (χ1) is 7.85. The Labute approximate surface area is 109 Å². The zero-order valence-corrected chi connectivity index (χ0v) is 11.7. The third-order valence-corrected chi connectivity index (χ3v) is 3.33. The zero-order chi connectivity index (χ0) is 13.1. The summed E-state index contributed by atoms with van der Waals surface area (Å²) in [4.78, 5) is 14.1. The van der Waals surface area contributed by atoms with E-state index in [1.165, 1.54) is 12.3 Å². The molecule has 5 nitrogen and oxygen atoms in total. The van der Waals surface area contributed by atoms with Gasteiger partial charge in [0, 0.05) is 12.6 Å². The third-order valence-electron chi connectivity index (χ3n) is 2.73. The molecule has 0 aromatic carbocycles. The second kappa shape index (κ2) is 5.44. The number of nitrogens with zero attached hydrogens (tertiary/aromatic N) is 2. The number of hydrogen-bond acceptors (Lipinski definition) is 4. The standard InChI is InChI=1S/C11H16BrN3O2/c1-4-11(2,3)7-14-10-9(12)5-8(6-13-10)15(16)17/h5-6H,4,7H2,1-3H3,(H,13,14). The fourth-order valence-corrected chi connectivity index (χ4v) is 1.58. The van der Waals surface area contributed by atoms with Gasteiger partial charge in [0.1, 0.15) is 12.0 Å². The Morgan fingerprint density at radius 3 is 2.71 bits per heavy atom. The van der Waals surface area contributed by atoms with Crippen LogP contribution in [0.4, 0.5) is 11.5 Å². The maximum absolute atomic E-state index is 10.6. The number of aromatic nitrogens is 1. The van der Waals surface area contributed by atoms with E-state index in [4.69, 9.17) is 0 Å². The first kappa shape index (κ1) is 13.9. The second-order valence-corrected chi connectivity index (χ2v) is 5.51. The smallest absolute Gasteiger partial charge is 0.288 e. The molecule has 0 saturated carbocycles. The van der Waals surface area contributed by atoms with Crippen LogP contribution >= 0.6 is 15.9 Å². The van der Waals surface area contributed by atoms with Crippen LogP contribution in [0.25, 0.3) is 0 Å². The predicted octanol–water partition coefficient (Wildman–Crippen LogP) is 3.60. The number of pyridine rings is 1. The molecule has 0 radical (unpaired) electrons. The summed E-state index contributed by atoms with van der Waals surface area (Å²) in [6, 6.07) is 1.45. The summed E-state index contributed by atoms with van der Waals surface area (Å²) in [7, 11) is 0. The van der Waals surface area contributed by atoms with Crippen molar-refractivity contribution < 1.29 is 4.92 Å². The van der Waals surface area contributed by atoms with Crippen LogP contribution in [-0.4, -0.2) is 16.5 Å². The van der Waals surface area contributed by atoms with E-state index < -0.39 is 4.92 Å². The fourth-order valence-electron chi connectivity index (χ4n) is 1.11. The molecule has 0 aliphatic heterocycles. The molecule has 0 aliphatic rings. The highest BCUT2D eigenvalue weighted by Gasteiger charge is 2.16. The Balaban J connectivity index is 2.77. The average Bonchev–Trinajstić information content (AvgIpc) is 2.27. The highest BCUT2D eigenvalue weighted by molar-refractivity contribution is 9.10. The summed E-state index contributed by atoms with van der Waals surface area (Å²) in [6.07, 6.45) is 2.30. The van der Waals surface area contributed by atoms with Crippen LogP contribution in [0.2, 0.25) is 0 Å². The third kappa shape index (κ3) is 3.96. The number of hydrogen-bond donors (Lipinski definition) is 1. The van der Waals surface area contributed by atoms with Crippen molar-refractivity contribution in [3.05, 3.63) is 26.9 Å². The summed E-state index contributed by atoms with van der Waals surface area (Å²) in [5, 5.41) is 13.7. The number of nitrogens with one attached hydrogen (secondary N) is 1. The molecule has 0 bridgehead atoms. The van der Waals surface area contributed by atoms with Crippen LogP contribution < -0.4 is 5.32 Å². The topological polar surface area (TPSA) is 68.1 Å². The quantitative estimate of drug-likeness (QED) is 0.666. The number of rotatable bonds is 5. The van der Waals surface area contributed by atoms with Gasteiger partial charge in [-0.3, -0.25) is 10.1 Å². The highest BCUT2D eigenvalue weighted by atomic mass is 79.9. The van der Waals surface area contributed by atoms with Gasteiger partial charge in [-0.15, -0.1) is 0 Å². The lowest BCUT2D eigenvalue weighted by Gasteiger charge is -2.23. The summed E-state index contributed by atoms with van der Waals surface area (Å²) >= 11 is 3.28. The van der Waals surface area contributed by atoms with E-state index in [-0.39, 0.29) is 11.1 Å². The SMILES string of the molecule is CCC(C)(C)CNc1ncc([N+](=O)[O-])cc1Br. The van der Waals surface area contributed by atoms with E-state index in [0.29, 0.717) is 10.3 Å². The minimum Gasteiger partial charge on any atom is -0.369 e. The van der Waals surface area contributed by atoms with Crippen LogP contribution in [0.3, 0.4) is 0 Å². The van der Waals surface area contributed by atoms with E-state index >= 15 is 0 Å². The second-order valence-electron chi connectivity index (χ2n) is 4.65. The molecule has 1 rings (SSSR count). The van der Waals surface area contributed by atoms with Gasteiger partial charge in [-0.2, -0.15) is 0 Å². The molecule has 0 spiro atoms. The van der Waals surface area contributed by atoms with Crippen molar-refractivity contribution in [3.63, 3.8) is 0 Å². The summed E-state index contributed by atoms with van der Waals surface area (Å²) in [5.74, 6) is 0.636. The first-order valence-electron chi connectivity index (χ1n) is 5.39. The van der Waals surface area contributed by atoms with Gasteiger partial charge in [0.25, 0.3) is 5.69 Å². The normalized spacial score (nSPS) is 11.3. The molecule has 0 aliphatic carbocycles. The van der Waals surface area contributed by atoms with E-state index in [0.717, 1.165) is 13.0 Å². The molecule has 1 N–H and O–H groups in total. The molecular weight excluding hydrogens is 286 g/mol. The van der Waals surface area contributed by atoms with Gasteiger partial charge in [0.2, 0.25) is 0 Å². The molecule has 17 heavy (non-hydrogen) atoms. The molecule has 0 saturated heterocycles. The molecular formula is C11H16BrN3O2. The monoisotopic (exact) mass is 301 g/mol. The van der Waals surface area contributed by atoms with Crippen LogP contribution in [0.5, 0.6) is 0 Å². The maximum Gasteiger partial charge on any atom is 0.288 e. The van der Waals surface area contributed by atoms with Crippen molar-refractivity contribution in [3.8, 4) is 0 Å². The van der Waals surface area contributed by atoms with E-state index in [2.05, 4.69) is 47.0 Å². The summed E-state index contributed by atoms with van der Waals surface area (Å²) < 4.78 is 0.610. The van der Waals surface area contributed by atoms with E-state index in [1.54, 1.807) is 0 Å². The molecule has 1 heterocycles. The van der Waals surface area contributed by atoms with Crippen molar-refractivity contribution in [2.75, 3.05) is 11.9 Å². The Morgan fingerprint density at radius 1 is 1.59 bits per heavy atom. The predicted molar refractivity (Wildman–Crippen MR) is 71.2 cm³/mol. The van der Waals surface area contributed by atoms with E-state index in [1.807, 2.05) is 0 Å². The maximum atomic E-state index is 10.6. The van der Waals surface area contributed by atoms with Gasteiger partial charge in [0.15, 0.2) is 0 Å². The average molecular weight is 302 g/mol. The lowest BCUT2D eigenvalue weighted by atomic mass is 9.90.